The Morgan fingerprint density at radius 3 is 2.39 bits per heavy atom. The zero-order chi connectivity index (χ0) is 20.5. The number of hydrogen-bond acceptors (Lipinski definition) is 5. The van der Waals surface area contributed by atoms with Crippen LogP contribution in [0.5, 0.6) is 0 Å². The van der Waals surface area contributed by atoms with E-state index in [-0.39, 0.29) is 16.5 Å². The van der Waals surface area contributed by atoms with Crippen LogP contribution in [-0.2, 0) is 9.53 Å². The number of halogens is 2. The lowest BCUT2D eigenvalue weighted by atomic mass is 10.1. The molecule has 2 rings (SSSR count). The van der Waals surface area contributed by atoms with Crippen LogP contribution in [0.4, 0.5) is 0 Å². The highest BCUT2D eigenvalue weighted by Gasteiger charge is 2.23. The van der Waals surface area contributed by atoms with Crippen molar-refractivity contribution in [2.45, 2.75) is 12.5 Å². The molecule has 2 aromatic carbocycles. The fraction of sp³-hybridized carbons (Fsp3) is 0.250. The molecular weight excluding hydrogens is 421 g/mol. The van der Waals surface area contributed by atoms with Crippen molar-refractivity contribution in [3.8, 4) is 0 Å². The lowest BCUT2D eigenvalue weighted by Crippen LogP contribution is -2.42. The van der Waals surface area contributed by atoms with Crippen molar-refractivity contribution < 1.29 is 19.1 Å². The second-order valence-electron chi connectivity index (χ2n) is 5.83. The third kappa shape index (κ3) is 6.55. The predicted octanol–water partition coefficient (Wildman–Crippen LogP) is 4.27. The van der Waals surface area contributed by atoms with E-state index in [0.717, 1.165) is 0 Å². The maximum Gasteiger partial charge on any atom is 0.329 e. The molecule has 0 saturated carbocycles. The lowest BCUT2D eigenvalue weighted by Gasteiger charge is -2.17. The van der Waals surface area contributed by atoms with Crippen LogP contribution in [0, 0.1) is 0 Å². The summed E-state index contributed by atoms with van der Waals surface area (Å²) in [6, 6.07) is 12.2. The topological polar surface area (TPSA) is 72.5 Å². The molecule has 0 bridgehead atoms. The number of nitrogens with one attached hydrogen (secondary N) is 1. The molecule has 1 unspecified atom stereocenters. The molecule has 0 aliphatic carbocycles. The molecule has 0 aliphatic heterocycles. The first-order valence-corrected chi connectivity index (χ1v) is 10.6. The Labute approximate surface area is 177 Å². The number of amides is 1. The highest BCUT2D eigenvalue weighted by Crippen LogP contribution is 2.22. The summed E-state index contributed by atoms with van der Waals surface area (Å²) < 4.78 is 5.14. The molecule has 0 aromatic heterocycles. The molecule has 5 nitrogen and oxygen atoms in total. The summed E-state index contributed by atoms with van der Waals surface area (Å²) in [4.78, 5) is 37.0. The molecule has 8 heteroatoms. The van der Waals surface area contributed by atoms with Gasteiger partial charge in [0.05, 0.1) is 10.0 Å². The van der Waals surface area contributed by atoms with E-state index in [1.54, 1.807) is 42.1 Å². The number of carbonyl (C=O) groups is 3. The van der Waals surface area contributed by atoms with E-state index >= 15 is 0 Å². The molecule has 1 amide bonds. The van der Waals surface area contributed by atoms with Gasteiger partial charge in [-0.15, -0.1) is 0 Å². The van der Waals surface area contributed by atoms with Gasteiger partial charge in [-0.1, -0.05) is 41.4 Å². The van der Waals surface area contributed by atoms with E-state index in [1.165, 1.54) is 18.2 Å². The van der Waals surface area contributed by atoms with Crippen molar-refractivity contribution in [3.63, 3.8) is 0 Å². The van der Waals surface area contributed by atoms with Crippen molar-refractivity contribution in [2.75, 3.05) is 18.6 Å². The molecule has 0 radical (unpaired) electrons. The molecule has 0 aliphatic rings. The van der Waals surface area contributed by atoms with Crippen molar-refractivity contribution in [1.29, 1.82) is 0 Å². The minimum absolute atomic E-state index is 0.242. The van der Waals surface area contributed by atoms with Gasteiger partial charge >= 0.3 is 5.97 Å². The molecule has 0 spiro atoms. The van der Waals surface area contributed by atoms with Crippen molar-refractivity contribution in [2.24, 2.45) is 0 Å². The lowest BCUT2D eigenvalue weighted by molar-refractivity contribution is -0.144. The highest BCUT2D eigenvalue weighted by atomic mass is 35.5. The summed E-state index contributed by atoms with van der Waals surface area (Å²) in [6.45, 7) is -0.451. The minimum Gasteiger partial charge on any atom is -0.456 e. The van der Waals surface area contributed by atoms with E-state index in [9.17, 15) is 14.4 Å². The largest absolute Gasteiger partial charge is 0.456 e. The van der Waals surface area contributed by atoms with Gasteiger partial charge in [0.1, 0.15) is 6.04 Å². The second kappa shape index (κ2) is 11.1. The monoisotopic (exact) mass is 439 g/mol. The van der Waals surface area contributed by atoms with Crippen LogP contribution >= 0.6 is 35.0 Å². The van der Waals surface area contributed by atoms with Gasteiger partial charge in [0.25, 0.3) is 5.91 Å². The molecular formula is C20H19Cl2NO4S. The SMILES string of the molecule is CSCCC(NC(=O)c1ccccc1)C(=O)OCC(=O)c1ccc(Cl)c(Cl)c1. The quantitative estimate of drug-likeness (QED) is 0.466. The summed E-state index contributed by atoms with van der Waals surface area (Å²) in [5.74, 6) is -0.800. The zero-order valence-corrected chi connectivity index (χ0v) is 17.4. The first kappa shape index (κ1) is 22.3. The molecule has 28 heavy (non-hydrogen) atoms. The first-order chi connectivity index (χ1) is 13.4. The van der Waals surface area contributed by atoms with E-state index < -0.39 is 24.4 Å². The minimum atomic E-state index is -0.846. The summed E-state index contributed by atoms with van der Waals surface area (Å²) >= 11 is 13.3. The molecule has 0 fully saturated rings. The Morgan fingerprint density at radius 1 is 1.04 bits per heavy atom. The van der Waals surface area contributed by atoms with Gasteiger partial charge in [-0.05, 0) is 48.8 Å². The first-order valence-electron chi connectivity index (χ1n) is 8.42. The number of Topliss-reactive ketones (excluding diaryl/α,β-unsaturated/α-hetero) is 1. The molecule has 2 aromatic rings. The number of hydrogen-bond donors (Lipinski definition) is 1. The van der Waals surface area contributed by atoms with Crippen molar-refractivity contribution in [1.82, 2.24) is 5.32 Å². The van der Waals surface area contributed by atoms with E-state index in [0.29, 0.717) is 22.8 Å². The number of esters is 1. The van der Waals surface area contributed by atoms with Gasteiger partial charge in [-0.2, -0.15) is 11.8 Å². The molecule has 148 valence electrons. The molecule has 1 N–H and O–H groups in total. The average molecular weight is 440 g/mol. The number of rotatable bonds is 9. The van der Waals surface area contributed by atoms with Crippen LogP contribution in [0.3, 0.4) is 0 Å². The maximum absolute atomic E-state index is 12.4. The van der Waals surface area contributed by atoms with Gasteiger partial charge in [0.2, 0.25) is 0 Å². The zero-order valence-electron chi connectivity index (χ0n) is 15.1. The Kier molecular flexibility index (Phi) is 8.83. The average Bonchev–Trinajstić information content (AvgIpc) is 2.71. The van der Waals surface area contributed by atoms with Gasteiger partial charge in [0, 0.05) is 11.1 Å². The Hall–Kier alpha value is -2.02. The fourth-order valence-electron chi connectivity index (χ4n) is 2.31. The maximum atomic E-state index is 12.4. The van der Waals surface area contributed by atoms with E-state index in [1.807, 2.05) is 6.26 Å². The van der Waals surface area contributed by atoms with Crippen LogP contribution in [0.2, 0.25) is 10.0 Å². The van der Waals surface area contributed by atoms with Gasteiger partial charge in [0.15, 0.2) is 12.4 Å². The number of ketones is 1. The number of ether oxygens (including phenoxy) is 1. The van der Waals surface area contributed by atoms with E-state index in [2.05, 4.69) is 5.32 Å². The normalized spacial score (nSPS) is 11.5. The Balaban J connectivity index is 1.98. The number of thioether (sulfide) groups is 1. The van der Waals surface area contributed by atoms with Crippen LogP contribution in [0.15, 0.2) is 48.5 Å². The van der Waals surface area contributed by atoms with E-state index in [4.69, 9.17) is 27.9 Å². The van der Waals surface area contributed by atoms with Gasteiger partial charge < -0.3 is 10.1 Å². The standard InChI is InChI=1S/C20H19Cl2NO4S/c1-28-10-9-17(23-19(25)13-5-3-2-4-6-13)20(26)27-12-18(24)14-7-8-15(21)16(22)11-14/h2-8,11,17H,9-10,12H2,1H3,(H,23,25). The molecule has 0 heterocycles. The summed E-state index contributed by atoms with van der Waals surface area (Å²) in [6.07, 6.45) is 2.29. The molecule has 0 saturated heterocycles. The third-order valence-electron chi connectivity index (χ3n) is 3.82. The van der Waals surface area contributed by atoms with Crippen LogP contribution in [0.25, 0.3) is 0 Å². The number of benzene rings is 2. The van der Waals surface area contributed by atoms with Crippen LogP contribution < -0.4 is 5.32 Å². The summed E-state index contributed by atoms with van der Waals surface area (Å²) in [5.41, 5.74) is 0.729. The summed E-state index contributed by atoms with van der Waals surface area (Å²) in [5, 5.41) is 3.24. The smallest absolute Gasteiger partial charge is 0.329 e. The fourth-order valence-corrected chi connectivity index (χ4v) is 3.08. The van der Waals surface area contributed by atoms with Crippen molar-refractivity contribution >= 4 is 52.6 Å². The molecule has 1 atom stereocenters. The highest BCUT2D eigenvalue weighted by molar-refractivity contribution is 7.98. The predicted molar refractivity (Wildman–Crippen MR) is 112 cm³/mol. The van der Waals surface area contributed by atoms with Crippen LogP contribution in [-0.4, -0.2) is 42.3 Å². The Morgan fingerprint density at radius 2 is 1.75 bits per heavy atom. The van der Waals surface area contributed by atoms with Crippen molar-refractivity contribution in [3.05, 3.63) is 69.7 Å². The van der Waals surface area contributed by atoms with Gasteiger partial charge in [-0.3, -0.25) is 9.59 Å². The summed E-state index contributed by atoms with van der Waals surface area (Å²) in [7, 11) is 0. The second-order valence-corrected chi connectivity index (χ2v) is 7.63. The van der Waals surface area contributed by atoms with Crippen LogP contribution in [0.1, 0.15) is 27.1 Å². The van der Waals surface area contributed by atoms with Gasteiger partial charge in [-0.25, -0.2) is 4.79 Å². The number of carbonyl (C=O) groups excluding carboxylic acids is 3. The third-order valence-corrected chi connectivity index (χ3v) is 5.21. The Bertz CT molecular complexity index is 845.